The first-order chi connectivity index (χ1) is 14.2. The molecule has 0 saturated heterocycles. The summed E-state index contributed by atoms with van der Waals surface area (Å²) in [6, 6.07) is 22.8. The third-order valence-electron chi connectivity index (χ3n) is 5.06. The van der Waals surface area contributed by atoms with Crippen molar-refractivity contribution >= 4 is 17.3 Å². The minimum atomic E-state index is -0.331. The topological polar surface area (TPSA) is 50.8 Å². The first-order valence-electron chi connectivity index (χ1n) is 9.72. The van der Waals surface area contributed by atoms with Crippen molar-refractivity contribution in [1.29, 1.82) is 0 Å². The number of hydrogen-bond donors (Lipinski definition) is 1. The summed E-state index contributed by atoms with van der Waals surface area (Å²) in [5, 5.41) is 3.29. The van der Waals surface area contributed by atoms with Gasteiger partial charge >= 0.3 is 0 Å². The largest absolute Gasteiger partial charge is 0.493 e. The molecule has 1 aliphatic rings. The van der Waals surface area contributed by atoms with E-state index in [1.165, 1.54) is 5.56 Å². The lowest BCUT2D eigenvalue weighted by Gasteiger charge is -2.23. The maximum absolute atomic E-state index is 12.9. The van der Waals surface area contributed by atoms with Gasteiger partial charge in [-0.05, 0) is 61.4 Å². The number of ether oxygens (including phenoxy) is 2. The number of fused-ring (bicyclic) bond motifs is 1. The Morgan fingerprint density at radius 2 is 1.66 bits per heavy atom. The van der Waals surface area contributed by atoms with Gasteiger partial charge < -0.3 is 19.7 Å². The van der Waals surface area contributed by atoms with Gasteiger partial charge in [-0.3, -0.25) is 4.79 Å². The lowest BCUT2D eigenvalue weighted by molar-refractivity contribution is -0.118. The van der Waals surface area contributed by atoms with Gasteiger partial charge in [-0.2, -0.15) is 0 Å². The molecule has 5 nitrogen and oxygen atoms in total. The summed E-state index contributed by atoms with van der Waals surface area (Å²) in [6.07, 6.45) is 0.906. The van der Waals surface area contributed by atoms with E-state index in [9.17, 15) is 4.79 Å². The average molecular weight is 388 g/mol. The number of nitrogens with one attached hydrogen (secondary N) is 1. The molecular weight excluding hydrogens is 364 g/mol. The molecule has 0 spiro atoms. The van der Waals surface area contributed by atoms with Crippen LogP contribution in [-0.4, -0.2) is 25.6 Å². The van der Waals surface area contributed by atoms with E-state index in [-0.39, 0.29) is 11.9 Å². The lowest BCUT2D eigenvalue weighted by Crippen LogP contribution is -2.40. The maximum Gasteiger partial charge on any atom is 0.249 e. The number of methoxy groups -OCH3 is 1. The first kappa shape index (κ1) is 18.9. The minimum absolute atomic E-state index is 0.0734. The summed E-state index contributed by atoms with van der Waals surface area (Å²) in [5.41, 5.74) is 3.11. The molecule has 0 bridgehead atoms. The number of carbonyl (C=O) groups excluding carboxylic acids is 1. The van der Waals surface area contributed by atoms with Crippen molar-refractivity contribution in [3.8, 4) is 17.2 Å². The number of hydrogen-bond acceptors (Lipinski definition) is 4. The molecule has 1 amide bonds. The van der Waals surface area contributed by atoms with Crippen molar-refractivity contribution < 1.29 is 14.3 Å². The Balaban J connectivity index is 1.40. The van der Waals surface area contributed by atoms with Crippen molar-refractivity contribution in [2.24, 2.45) is 0 Å². The quantitative estimate of drug-likeness (QED) is 0.654. The number of carbonyl (C=O) groups is 1. The maximum atomic E-state index is 12.9. The van der Waals surface area contributed by atoms with Crippen molar-refractivity contribution in [2.45, 2.75) is 19.4 Å². The van der Waals surface area contributed by atoms with E-state index in [0.717, 1.165) is 24.3 Å². The van der Waals surface area contributed by atoms with Crippen LogP contribution < -0.4 is 19.7 Å². The fourth-order valence-corrected chi connectivity index (χ4v) is 3.56. The first-order valence-corrected chi connectivity index (χ1v) is 9.72. The minimum Gasteiger partial charge on any atom is -0.493 e. The zero-order valence-corrected chi connectivity index (χ0v) is 16.6. The Hall–Kier alpha value is -3.47. The van der Waals surface area contributed by atoms with Crippen LogP contribution in [0, 0.1) is 0 Å². The van der Waals surface area contributed by atoms with Gasteiger partial charge in [0.05, 0.1) is 7.11 Å². The zero-order chi connectivity index (χ0) is 20.2. The van der Waals surface area contributed by atoms with Crippen LogP contribution in [0.3, 0.4) is 0 Å². The van der Waals surface area contributed by atoms with Gasteiger partial charge in [-0.1, -0.05) is 30.3 Å². The van der Waals surface area contributed by atoms with Crippen LogP contribution in [0.15, 0.2) is 72.8 Å². The smallest absolute Gasteiger partial charge is 0.249 e. The highest BCUT2D eigenvalue weighted by atomic mass is 16.5. The molecule has 3 aromatic rings. The molecule has 0 radical (unpaired) electrons. The lowest BCUT2D eigenvalue weighted by atomic mass is 10.2. The van der Waals surface area contributed by atoms with E-state index < -0.39 is 0 Å². The van der Waals surface area contributed by atoms with Crippen LogP contribution in [0.1, 0.15) is 12.5 Å². The highest BCUT2D eigenvalue weighted by Crippen LogP contribution is 2.32. The van der Waals surface area contributed by atoms with E-state index >= 15 is 0 Å². The van der Waals surface area contributed by atoms with Crippen molar-refractivity contribution in [2.75, 3.05) is 23.9 Å². The fourth-order valence-electron chi connectivity index (χ4n) is 3.56. The molecule has 0 saturated carbocycles. The number of para-hydroxylation sites is 3. The van der Waals surface area contributed by atoms with Gasteiger partial charge in [0, 0.05) is 17.9 Å². The van der Waals surface area contributed by atoms with Gasteiger partial charge in [0.15, 0.2) is 11.5 Å². The Kier molecular flexibility index (Phi) is 5.38. The summed E-state index contributed by atoms with van der Waals surface area (Å²) < 4.78 is 11.2. The molecule has 29 heavy (non-hydrogen) atoms. The number of rotatable bonds is 6. The Labute approximate surface area is 170 Å². The highest BCUT2D eigenvalue weighted by Gasteiger charge is 2.27. The summed E-state index contributed by atoms with van der Waals surface area (Å²) in [4.78, 5) is 14.8. The predicted molar refractivity (Wildman–Crippen MR) is 115 cm³/mol. The highest BCUT2D eigenvalue weighted by molar-refractivity contribution is 6.00. The SMILES string of the molecule is COc1ccccc1Oc1ccc(N[C@H](C)C(=O)N2CCc3ccccc32)cc1. The monoisotopic (exact) mass is 388 g/mol. The molecular formula is C24H24N2O3. The van der Waals surface area contributed by atoms with Crippen molar-refractivity contribution in [1.82, 2.24) is 0 Å². The Bertz CT molecular complexity index is 1000. The molecule has 0 aromatic heterocycles. The molecule has 0 unspecified atom stereocenters. The third kappa shape index (κ3) is 4.04. The second-order valence-electron chi connectivity index (χ2n) is 7.01. The number of benzene rings is 3. The van der Waals surface area contributed by atoms with E-state index in [1.54, 1.807) is 7.11 Å². The average Bonchev–Trinajstić information content (AvgIpc) is 3.19. The number of anilines is 2. The van der Waals surface area contributed by atoms with Crippen LogP contribution >= 0.6 is 0 Å². The molecule has 5 heteroatoms. The van der Waals surface area contributed by atoms with Gasteiger partial charge in [0.1, 0.15) is 11.8 Å². The van der Waals surface area contributed by atoms with Crippen LogP contribution in [0.4, 0.5) is 11.4 Å². The van der Waals surface area contributed by atoms with Crippen LogP contribution in [0.5, 0.6) is 17.2 Å². The van der Waals surface area contributed by atoms with Gasteiger partial charge in [0.2, 0.25) is 5.91 Å². The van der Waals surface area contributed by atoms with Gasteiger partial charge in [-0.25, -0.2) is 0 Å². The molecule has 0 aliphatic carbocycles. The van der Waals surface area contributed by atoms with E-state index in [0.29, 0.717) is 17.2 Å². The molecule has 1 N–H and O–H groups in total. The Morgan fingerprint density at radius 3 is 2.41 bits per heavy atom. The fraction of sp³-hybridized carbons (Fsp3) is 0.208. The summed E-state index contributed by atoms with van der Waals surface area (Å²) in [7, 11) is 1.62. The van der Waals surface area contributed by atoms with Crippen LogP contribution in [0.2, 0.25) is 0 Å². The summed E-state index contributed by atoms with van der Waals surface area (Å²) in [5.74, 6) is 2.11. The normalized spacial score (nSPS) is 13.5. The number of amides is 1. The number of nitrogens with zero attached hydrogens (tertiary/aromatic N) is 1. The van der Waals surface area contributed by atoms with Crippen molar-refractivity contribution in [3.63, 3.8) is 0 Å². The Morgan fingerprint density at radius 1 is 0.966 bits per heavy atom. The predicted octanol–water partition coefficient (Wildman–Crippen LogP) is 4.88. The molecule has 1 atom stereocenters. The van der Waals surface area contributed by atoms with Crippen LogP contribution in [0.25, 0.3) is 0 Å². The standard InChI is InChI=1S/C24H24N2O3/c1-17(24(27)26-16-15-18-7-3-4-8-21(18)26)25-19-11-13-20(14-12-19)29-23-10-6-5-9-22(23)28-2/h3-14,17,25H,15-16H2,1-2H3/t17-/m1/s1. The van der Waals surface area contributed by atoms with Gasteiger partial charge in [-0.15, -0.1) is 0 Å². The summed E-state index contributed by atoms with van der Waals surface area (Å²) in [6.45, 7) is 2.62. The van der Waals surface area contributed by atoms with Crippen molar-refractivity contribution in [3.05, 3.63) is 78.4 Å². The second kappa shape index (κ2) is 8.27. The molecule has 148 valence electrons. The van der Waals surface area contributed by atoms with E-state index in [1.807, 2.05) is 78.6 Å². The van der Waals surface area contributed by atoms with E-state index in [4.69, 9.17) is 9.47 Å². The zero-order valence-electron chi connectivity index (χ0n) is 16.6. The molecule has 1 aliphatic heterocycles. The van der Waals surface area contributed by atoms with Crippen LogP contribution in [-0.2, 0) is 11.2 Å². The van der Waals surface area contributed by atoms with Gasteiger partial charge in [0.25, 0.3) is 0 Å². The van der Waals surface area contributed by atoms with E-state index in [2.05, 4.69) is 11.4 Å². The molecule has 4 rings (SSSR count). The second-order valence-corrected chi connectivity index (χ2v) is 7.01. The summed E-state index contributed by atoms with van der Waals surface area (Å²) >= 11 is 0. The molecule has 3 aromatic carbocycles. The third-order valence-corrected chi connectivity index (χ3v) is 5.06. The molecule has 1 heterocycles. The molecule has 0 fully saturated rings.